The fourth-order valence-corrected chi connectivity index (χ4v) is 1.42. The summed E-state index contributed by atoms with van der Waals surface area (Å²) in [6, 6.07) is 5.90. The molecule has 0 bridgehead atoms. The summed E-state index contributed by atoms with van der Waals surface area (Å²) in [5.41, 5.74) is 2.35. The maximum absolute atomic E-state index is 12.7. The van der Waals surface area contributed by atoms with E-state index in [2.05, 4.69) is 0 Å². The van der Waals surface area contributed by atoms with Crippen LogP contribution < -0.4 is 5.48 Å². The fourth-order valence-electron chi connectivity index (χ4n) is 1.42. The molecule has 88 valence electrons. The van der Waals surface area contributed by atoms with Crippen LogP contribution in [-0.4, -0.2) is 18.2 Å². The van der Waals surface area contributed by atoms with Crippen LogP contribution in [0.2, 0.25) is 0 Å². The number of hydrogen-bond acceptors (Lipinski definition) is 3. The third kappa shape index (κ3) is 3.60. The highest BCUT2D eigenvalue weighted by atomic mass is 19.1. The highest BCUT2D eigenvalue weighted by Crippen LogP contribution is 2.21. The van der Waals surface area contributed by atoms with Crippen molar-refractivity contribution < 1.29 is 19.1 Å². The van der Waals surface area contributed by atoms with Gasteiger partial charge in [0.25, 0.3) is 0 Å². The number of ether oxygens (including phenoxy) is 1. The minimum atomic E-state index is -0.468. The van der Waals surface area contributed by atoms with Gasteiger partial charge in [-0.15, -0.1) is 0 Å². The Morgan fingerprint density at radius 1 is 1.50 bits per heavy atom. The molecule has 0 heterocycles. The van der Waals surface area contributed by atoms with E-state index in [0.717, 1.165) is 5.56 Å². The Kier molecular flexibility index (Phi) is 4.88. The Labute approximate surface area is 93.0 Å². The molecule has 2 N–H and O–H groups in total. The number of amides is 1. The molecule has 0 fully saturated rings. The number of methoxy groups -OCH3 is 1. The number of rotatable bonds is 5. The van der Waals surface area contributed by atoms with Gasteiger partial charge in [0.15, 0.2) is 0 Å². The lowest BCUT2D eigenvalue weighted by Crippen LogP contribution is -2.19. The highest BCUT2D eigenvalue weighted by molar-refractivity contribution is 5.74. The molecule has 1 rings (SSSR count). The van der Waals surface area contributed by atoms with Crippen molar-refractivity contribution in [2.45, 2.75) is 18.9 Å². The minimum absolute atomic E-state index is 0.145. The molecule has 4 nitrogen and oxygen atoms in total. The Morgan fingerprint density at radius 2 is 2.12 bits per heavy atom. The first-order valence-electron chi connectivity index (χ1n) is 4.88. The van der Waals surface area contributed by atoms with Crippen LogP contribution >= 0.6 is 0 Å². The first-order chi connectivity index (χ1) is 7.67. The van der Waals surface area contributed by atoms with Crippen LogP contribution in [-0.2, 0) is 9.53 Å². The summed E-state index contributed by atoms with van der Waals surface area (Å²) in [6.07, 6.45) is 0.291. The molecule has 0 saturated heterocycles. The summed E-state index contributed by atoms with van der Waals surface area (Å²) in [5.74, 6) is -0.782. The van der Waals surface area contributed by atoms with Crippen molar-refractivity contribution in [1.29, 1.82) is 0 Å². The van der Waals surface area contributed by atoms with Crippen LogP contribution in [0, 0.1) is 5.82 Å². The summed E-state index contributed by atoms with van der Waals surface area (Å²) in [7, 11) is 1.52. The van der Waals surface area contributed by atoms with Gasteiger partial charge in [0.05, 0.1) is 6.10 Å². The lowest BCUT2D eigenvalue weighted by Gasteiger charge is -2.14. The van der Waals surface area contributed by atoms with Gasteiger partial charge in [-0.1, -0.05) is 12.1 Å². The van der Waals surface area contributed by atoms with Crippen LogP contribution in [0.25, 0.3) is 0 Å². The van der Waals surface area contributed by atoms with Gasteiger partial charge in [-0.3, -0.25) is 10.0 Å². The average molecular weight is 227 g/mol. The first kappa shape index (κ1) is 12.6. The highest BCUT2D eigenvalue weighted by Gasteiger charge is 2.12. The van der Waals surface area contributed by atoms with Crippen molar-refractivity contribution in [2.24, 2.45) is 0 Å². The third-order valence-electron chi connectivity index (χ3n) is 2.28. The summed E-state index contributed by atoms with van der Waals surface area (Å²) in [4.78, 5) is 10.8. The standard InChI is InChI=1S/C11H14FNO3/c1-16-10(6-7-11(14)13-15)8-2-4-9(12)5-3-8/h2-5,10,15H,6-7H2,1H3,(H,13,14)/t10-/m1/s1. The second kappa shape index (κ2) is 6.19. The lowest BCUT2D eigenvalue weighted by atomic mass is 10.0. The van der Waals surface area contributed by atoms with Crippen molar-refractivity contribution in [3.05, 3.63) is 35.6 Å². The summed E-state index contributed by atoms with van der Waals surface area (Å²) in [6.45, 7) is 0. The Morgan fingerprint density at radius 3 is 2.62 bits per heavy atom. The van der Waals surface area contributed by atoms with Crippen molar-refractivity contribution in [3.63, 3.8) is 0 Å². The number of hydroxylamine groups is 1. The molecule has 0 spiro atoms. The quantitative estimate of drug-likeness (QED) is 0.595. The number of halogens is 1. The number of nitrogens with one attached hydrogen (secondary N) is 1. The van der Waals surface area contributed by atoms with E-state index in [0.29, 0.717) is 6.42 Å². The molecule has 0 aliphatic carbocycles. The van der Waals surface area contributed by atoms with Crippen LogP contribution in [0.3, 0.4) is 0 Å². The first-order valence-corrected chi connectivity index (χ1v) is 4.88. The van der Waals surface area contributed by atoms with Crippen LogP contribution in [0.15, 0.2) is 24.3 Å². The second-order valence-electron chi connectivity index (χ2n) is 3.35. The van der Waals surface area contributed by atoms with E-state index in [9.17, 15) is 9.18 Å². The van der Waals surface area contributed by atoms with Crippen LogP contribution in [0.5, 0.6) is 0 Å². The molecular formula is C11H14FNO3. The van der Waals surface area contributed by atoms with E-state index in [-0.39, 0.29) is 18.3 Å². The smallest absolute Gasteiger partial charge is 0.243 e. The number of benzene rings is 1. The molecule has 5 heteroatoms. The van der Waals surface area contributed by atoms with E-state index in [1.807, 2.05) is 0 Å². The third-order valence-corrected chi connectivity index (χ3v) is 2.28. The number of carbonyl (C=O) groups is 1. The topological polar surface area (TPSA) is 58.6 Å². The Hall–Kier alpha value is -1.46. The van der Waals surface area contributed by atoms with E-state index >= 15 is 0 Å². The SMILES string of the molecule is CO[C@H](CCC(=O)NO)c1ccc(F)cc1. The molecule has 1 amide bonds. The largest absolute Gasteiger partial charge is 0.377 e. The zero-order valence-electron chi connectivity index (χ0n) is 8.94. The maximum Gasteiger partial charge on any atom is 0.243 e. The predicted octanol–water partition coefficient (Wildman–Crippen LogP) is 1.80. The number of hydrogen-bond donors (Lipinski definition) is 2. The monoisotopic (exact) mass is 227 g/mol. The van der Waals surface area contributed by atoms with Crippen LogP contribution in [0.1, 0.15) is 24.5 Å². The molecule has 16 heavy (non-hydrogen) atoms. The lowest BCUT2D eigenvalue weighted by molar-refractivity contribution is -0.129. The van der Waals surface area contributed by atoms with Gasteiger partial charge in [-0.05, 0) is 24.1 Å². The molecule has 0 radical (unpaired) electrons. The average Bonchev–Trinajstić information content (AvgIpc) is 2.31. The van der Waals surface area contributed by atoms with Crippen molar-refractivity contribution >= 4 is 5.91 Å². The van der Waals surface area contributed by atoms with E-state index < -0.39 is 5.91 Å². The van der Waals surface area contributed by atoms with E-state index in [1.54, 1.807) is 17.6 Å². The molecule has 0 aliphatic heterocycles. The molecule has 1 atom stereocenters. The molecule has 0 aliphatic rings. The molecule has 0 unspecified atom stereocenters. The molecule has 0 aromatic heterocycles. The normalized spacial score (nSPS) is 12.2. The van der Waals surface area contributed by atoms with Crippen LogP contribution in [0.4, 0.5) is 4.39 Å². The van der Waals surface area contributed by atoms with Gasteiger partial charge in [0.1, 0.15) is 5.82 Å². The van der Waals surface area contributed by atoms with Gasteiger partial charge in [-0.2, -0.15) is 0 Å². The number of carbonyl (C=O) groups excluding carboxylic acids is 1. The van der Waals surface area contributed by atoms with E-state index in [4.69, 9.17) is 9.94 Å². The van der Waals surface area contributed by atoms with Gasteiger partial charge in [-0.25, -0.2) is 9.87 Å². The molecule has 1 aromatic carbocycles. The van der Waals surface area contributed by atoms with Gasteiger partial charge >= 0.3 is 0 Å². The van der Waals surface area contributed by atoms with E-state index in [1.165, 1.54) is 19.2 Å². The summed E-state index contributed by atoms with van der Waals surface area (Å²) < 4.78 is 17.9. The van der Waals surface area contributed by atoms with Gasteiger partial charge in [0.2, 0.25) is 5.91 Å². The molecular weight excluding hydrogens is 213 g/mol. The molecule has 1 aromatic rings. The predicted molar refractivity (Wildman–Crippen MR) is 55.3 cm³/mol. The van der Waals surface area contributed by atoms with Gasteiger partial charge < -0.3 is 4.74 Å². The maximum atomic E-state index is 12.7. The zero-order chi connectivity index (χ0) is 12.0. The Bertz CT molecular complexity index is 340. The Balaban J connectivity index is 2.60. The van der Waals surface area contributed by atoms with Crippen molar-refractivity contribution in [1.82, 2.24) is 5.48 Å². The van der Waals surface area contributed by atoms with Crippen molar-refractivity contribution in [2.75, 3.05) is 7.11 Å². The van der Waals surface area contributed by atoms with Crippen molar-refractivity contribution in [3.8, 4) is 0 Å². The zero-order valence-corrected chi connectivity index (χ0v) is 8.94. The summed E-state index contributed by atoms with van der Waals surface area (Å²) >= 11 is 0. The minimum Gasteiger partial charge on any atom is -0.377 e. The summed E-state index contributed by atoms with van der Waals surface area (Å²) in [5, 5.41) is 8.34. The molecule has 0 saturated carbocycles. The second-order valence-corrected chi connectivity index (χ2v) is 3.35. The van der Waals surface area contributed by atoms with Gasteiger partial charge in [0, 0.05) is 13.5 Å². The fraction of sp³-hybridized carbons (Fsp3) is 0.364.